The highest BCUT2D eigenvalue weighted by Crippen LogP contribution is 2.37. The van der Waals surface area contributed by atoms with Crippen molar-refractivity contribution < 1.29 is 4.79 Å². The molecule has 0 radical (unpaired) electrons. The van der Waals surface area contributed by atoms with Gasteiger partial charge in [-0.2, -0.15) is 10.2 Å². The van der Waals surface area contributed by atoms with Gasteiger partial charge in [-0.3, -0.25) is 9.69 Å². The molecule has 2 aliphatic heterocycles. The predicted octanol–water partition coefficient (Wildman–Crippen LogP) is 2.22. The number of primary amides is 1. The number of nitrogens with zero attached hydrogens (tertiary/aromatic N) is 6. The molecule has 10 heteroatoms. The number of fused-ring (bicyclic) bond motifs is 2. The van der Waals surface area contributed by atoms with E-state index in [0.29, 0.717) is 18.2 Å². The second-order valence-corrected chi connectivity index (χ2v) is 9.65. The Morgan fingerprint density at radius 3 is 2.65 bits per heavy atom. The van der Waals surface area contributed by atoms with E-state index in [1.807, 2.05) is 40.9 Å². The topological polar surface area (TPSA) is 144 Å². The molecule has 0 bridgehead atoms. The Bertz CT molecular complexity index is 1480. The van der Waals surface area contributed by atoms with Gasteiger partial charge in [0, 0.05) is 23.1 Å². The zero-order chi connectivity index (χ0) is 25.5. The van der Waals surface area contributed by atoms with Crippen LogP contribution in [0.25, 0.3) is 11.1 Å². The third-order valence-electron chi connectivity index (χ3n) is 7.25. The average molecular weight is 496 g/mol. The van der Waals surface area contributed by atoms with Gasteiger partial charge in [-0.15, -0.1) is 0 Å². The average Bonchev–Trinajstić information content (AvgIpc) is 3.30. The van der Waals surface area contributed by atoms with Gasteiger partial charge in [0.05, 0.1) is 17.9 Å². The van der Waals surface area contributed by atoms with Crippen LogP contribution >= 0.6 is 0 Å². The van der Waals surface area contributed by atoms with E-state index in [-0.39, 0.29) is 17.7 Å². The number of piperidine rings is 1. The molecule has 6 N–H and O–H groups in total. The summed E-state index contributed by atoms with van der Waals surface area (Å²) >= 11 is 0. The molecule has 0 spiro atoms. The molecule has 1 atom stereocenters. The fraction of sp³-hybridized carbons (Fsp3) is 0.259. The zero-order valence-corrected chi connectivity index (χ0v) is 20.4. The lowest BCUT2D eigenvalue weighted by Gasteiger charge is -2.30. The Balaban J connectivity index is 1.36. The second-order valence-electron chi connectivity index (χ2n) is 9.65. The van der Waals surface area contributed by atoms with Crippen molar-refractivity contribution in [2.45, 2.75) is 18.8 Å². The monoisotopic (exact) mass is 495 g/mol. The van der Waals surface area contributed by atoms with Gasteiger partial charge in [0.25, 0.3) is 0 Å². The number of carbonyl (C=O) groups excluding carboxylic acids is 1. The van der Waals surface area contributed by atoms with E-state index in [2.05, 4.69) is 39.3 Å². The lowest BCUT2D eigenvalue weighted by atomic mass is 9.89. The van der Waals surface area contributed by atoms with Crippen LogP contribution < -0.4 is 22.2 Å². The largest absolute Gasteiger partial charge is 0.384 e. The van der Waals surface area contributed by atoms with E-state index in [1.54, 1.807) is 5.01 Å². The molecule has 37 heavy (non-hydrogen) atoms. The molecule has 0 saturated carbocycles. The highest BCUT2D eigenvalue weighted by molar-refractivity contribution is 6.10. The molecule has 188 valence electrons. The summed E-state index contributed by atoms with van der Waals surface area (Å²) in [5, 5.41) is 11.2. The SMILES string of the molecule is NC(=O)CN1CCC(c2cc(C3=CC4=NN(c5ccccc5)C(N)=CC4C=C3)c3c(N)ncnn23)CC1. The van der Waals surface area contributed by atoms with Crippen LogP contribution in [-0.2, 0) is 4.79 Å². The van der Waals surface area contributed by atoms with Crippen molar-refractivity contribution in [3.05, 3.63) is 84.1 Å². The lowest BCUT2D eigenvalue weighted by molar-refractivity contribution is -0.119. The molecule has 10 nitrogen and oxygen atoms in total. The molecule has 1 aromatic carbocycles. The van der Waals surface area contributed by atoms with E-state index >= 15 is 0 Å². The van der Waals surface area contributed by atoms with Crippen LogP contribution in [0.4, 0.5) is 11.5 Å². The van der Waals surface area contributed by atoms with Gasteiger partial charge in [0.2, 0.25) is 5.91 Å². The van der Waals surface area contributed by atoms with E-state index in [1.165, 1.54) is 6.33 Å². The van der Waals surface area contributed by atoms with Gasteiger partial charge in [-0.05, 0) is 61.9 Å². The molecule has 1 fully saturated rings. The predicted molar refractivity (Wildman–Crippen MR) is 144 cm³/mol. The molecule has 2 aromatic heterocycles. The minimum atomic E-state index is -0.295. The van der Waals surface area contributed by atoms with Crippen molar-refractivity contribution in [1.82, 2.24) is 19.5 Å². The van der Waals surface area contributed by atoms with E-state index in [0.717, 1.165) is 59.7 Å². The molecule has 1 aliphatic carbocycles. The number of rotatable bonds is 5. The Morgan fingerprint density at radius 2 is 1.89 bits per heavy atom. The van der Waals surface area contributed by atoms with Gasteiger partial charge in [0.1, 0.15) is 17.7 Å². The first-order chi connectivity index (χ1) is 18.0. The standard InChI is InChI=1S/C27H29N9O/c28-24-13-19-7-6-18(12-22(19)33-35(24)20-4-2-1-3-5-20)21-14-23(36-26(21)27(30)31-16-32-36)17-8-10-34(11-9-17)15-25(29)37/h1-7,12-14,16-17,19H,8-11,15,28H2,(H2,29,37)(H2,30,31,32). The number of hydrazone groups is 1. The molecular formula is C27H29N9O. The normalized spacial score (nSPS) is 20.4. The van der Waals surface area contributed by atoms with Crippen LogP contribution in [-0.4, -0.2) is 50.8 Å². The van der Waals surface area contributed by atoms with Gasteiger partial charge >= 0.3 is 0 Å². The van der Waals surface area contributed by atoms with Gasteiger partial charge in [-0.25, -0.2) is 14.5 Å². The Labute approximate surface area is 214 Å². The van der Waals surface area contributed by atoms with Crippen molar-refractivity contribution in [3.8, 4) is 0 Å². The van der Waals surface area contributed by atoms with Crippen LogP contribution in [0.5, 0.6) is 0 Å². The van der Waals surface area contributed by atoms with Crippen molar-refractivity contribution in [2.24, 2.45) is 22.5 Å². The highest BCUT2D eigenvalue weighted by atomic mass is 16.1. The van der Waals surface area contributed by atoms with Gasteiger partial charge in [-0.1, -0.05) is 30.4 Å². The summed E-state index contributed by atoms with van der Waals surface area (Å²) < 4.78 is 1.92. The van der Waals surface area contributed by atoms with Crippen LogP contribution in [0.15, 0.2) is 78.0 Å². The Kier molecular flexibility index (Phi) is 5.72. The number of allylic oxidation sites excluding steroid dienone is 5. The number of para-hydroxylation sites is 1. The van der Waals surface area contributed by atoms with Crippen molar-refractivity contribution in [3.63, 3.8) is 0 Å². The number of hydrogen-bond acceptors (Lipinski definition) is 8. The third-order valence-corrected chi connectivity index (χ3v) is 7.25. The van der Waals surface area contributed by atoms with Crippen LogP contribution in [0.1, 0.15) is 30.0 Å². The number of aromatic nitrogens is 3. The quantitative estimate of drug-likeness (QED) is 0.492. The number of likely N-dealkylation sites (tertiary alicyclic amines) is 1. The van der Waals surface area contributed by atoms with Crippen molar-refractivity contribution in [2.75, 3.05) is 30.4 Å². The molecule has 1 unspecified atom stereocenters. The third kappa shape index (κ3) is 4.25. The van der Waals surface area contributed by atoms with Crippen LogP contribution in [0.3, 0.4) is 0 Å². The summed E-state index contributed by atoms with van der Waals surface area (Å²) in [6.07, 6.45) is 11.6. The number of amides is 1. The van der Waals surface area contributed by atoms with Crippen LogP contribution in [0.2, 0.25) is 0 Å². The number of nitrogen functional groups attached to an aromatic ring is 1. The molecule has 1 amide bonds. The van der Waals surface area contributed by atoms with E-state index in [9.17, 15) is 4.79 Å². The maximum atomic E-state index is 11.3. The number of nitrogens with two attached hydrogens (primary N) is 3. The number of anilines is 2. The first-order valence-electron chi connectivity index (χ1n) is 12.4. The summed E-state index contributed by atoms with van der Waals surface area (Å²) in [5.74, 6) is 1.01. The first-order valence-corrected chi connectivity index (χ1v) is 12.4. The van der Waals surface area contributed by atoms with Gasteiger partial charge in [0.15, 0.2) is 5.82 Å². The minimum absolute atomic E-state index is 0.000224. The number of carbonyl (C=O) groups is 1. The molecule has 1 saturated heterocycles. The Morgan fingerprint density at radius 1 is 1.11 bits per heavy atom. The number of hydrogen-bond donors (Lipinski definition) is 3. The maximum Gasteiger partial charge on any atom is 0.231 e. The zero-order valence-electron chi connectivity index (χ0n) is 20.4. The molecular weight excluding hydrogens is 466 g/mol. The smallest absolute Gasteiger partial charge is 0.231 e. The molecule has 4 heterocycles. The van der Waals surface area contributed by atoms with Crippen molar-refractivity contribution >= 4 is 34.2 Å². The fourth-order valence-corrected chi connectivity index (χ4v) is 5.43. The van der Waals surface area contributed by atoms with Crippen LogP contribution in [0, 0.1) is 5.92 Å². The van der Waals surface area contributed by atoms with E-state index < -0.39 is 0 Å². The van der Waals surface area contributed by atoms with Gasteiger partial charge < -0.3 is 17.2 Å². The first kappa shape index (κ1) is 23.0. The fourth-order valence-electron chi connectivity index (χ4n) is 5.43. The summed E-state index contributed by atoms with van der Waals surface area (Å²) in [5.41, 5.74) is 23.8. The Hall–Kier alpha value is -4.44. The minimum Gasteiger partial charge on any atom is -0.384 e. The summed E-state index contributed by atoms with van der Waals surface area (Å²) in [7, 11) is 0. The summed E-state index contributed by atoms with van der Waals surface area (Å²) in [6, 6.07) is 12.0. The maximum absolute atomic E-state index is 11.3. The summed E-state index contributed by atoms with van der Waals surface area (Å²) in [4.78, 5) is 17.7. The number of benzene rings is 1. The second kappa shape index (κ2) is 9.21. The van der Waals surface area contributed by atoms with Crippen molar-refractivity contribution in [1.29, 1.82) is 0 Å². The molecule has 3 aliphatic rings. The highest BCUT2D eigenvalue weighted by Gasteiger charge is 2.28. The lowest BCUT2D eigenvalue weighted by Crippen LogP contribution is -2.39. The molecule has 3 aromatic rings. The van der Waals surface area contributed by atoms with E-state index in [4.69, 9.17) is 22.3 Å². The molecule has 6 rings (SSSR count). The summed E-state index contributed by atoms with van der Waals surface area (Å²) in [6.45, 7) is 1.91.